The maximum absolute atomic E-state index is 2.86. The normalized spacial score (nSPS) is 16.6. The van der Waals surface area contributed by atoms with Gasteiger partial charge in [-0.3, -0.25) is 0 Å². The van der Waals surface area contributed by atoms with Crippen molar-refractivity contribution in [1.82, 2.24) is 4.23 Å². The summed E-state index contributed by atoms with van der Waals surface area (Å²) in [7, 11) is -2.65. The lowest BCUT2D eigenvalue weighted by Gasteiger charge is -2.47. The molecule has 3 heteroatoms. The lowest BCUT2D eigenvalue weighted by Crippen LogP contribution is -2.58. The Balaban J connectivity index is 3.01. The molecule has 0 N–H and O–H groups in total. The SMILES string of the molecule is CCCCC1=CC=CC=C(N([Si](C)(C)C)[Si](C)(C)C)C1. The summed E-state index contributed by atoms with van der Waals surface area (Å²) in [5.41, 5.74) is 3.17. The van der Waals surface area contributed by atoms with Crippen LogP contribution in [-0.2, 0) is 0 Å². The molecule has 0 atom stereocenters. The van der Waals surface area contributed by atoms with Crippen molar-refractivity contribution in [3.63, 3.8) is 0 Å². The predicted molar refractivity (Wildman–Crippen MR) is 98.0 cm³/mol. The van der Waals surface area contributed by atoms with Gasteiger partial charge in [-0.1, -0.05) is 76.4 Å². The van der Waals surface area contributed by atoms with Crippen LogP contribution in [0.2, 0.25) is 39.3 Å². The molecule has 0 saturated carbocycles. The molecule has 0 fully saturated rings. The van der Waals surface area contributed by atoms with Crippen LogP contribution >= 0.6 is 0 Å². The van der Waals surface area contributed by atoms with Gasteiger partial charge in [0.25, 0.3) is 0 Å². The highest BCUT2D eigenvalue weighted by Crippen LogP contribution is 2.31. The fourth-order valence-corrected chi connectivity index (χ4v) is 13.4. The molecule has 0 aromatic heterocycles. The van der Waals surface area contributed by atoms with Gasteiger partial charge in [0.1, 0.15) is 16.5 Å². The van der Waals surface area contributed by atoms with Crippen molar-refractivity contribution in [2.24, 2.45) is 0 Å². The van der Waals surface area contributed by atoms with Crippen molar-refractivity contribution in [3.8, 4) is 0 Å². The smallest absolute Gasteiger partial charge is 0.138 e. The van der Waals surface area contributed by atoms with Crippen molar-refractivity contribution in [2.45, 2.75) is 71.9 Å². The van der Waals surface area contributed by atoms with Crippen LogP contribution in [-0.4, -0.2) is 20.7 Å². The van der Waals surface area contributed by atoms with Crippen molar-refractivity contribution in [3.05, 3.63) is 35.6 Å². The fourth-order valence-electron chi connectivity index (χ4n) is 3.31. The number of rotatable bonds is 6. The third kappa shape index (κ3) is 5.09. The molecule has 0 unspecified atom stereocenters. The van der Waals surface area contributed by atoms with Crippen LogP contribution in [0.4, 0.5) is 0 Å². The van der Waals surface area contributed by atoms with E-state index in [0.717, 1.165) is 6.42 Å². The van der Waals surface area contributed by atoms with Gasteiger partial charge >= 0.3 is 0 Å². The second-order valence-corrected chi connectivity index (χ2v) is 17.9. The molecule has 0 spiro atoms. The maximum atomic E-state index is 2.86. The zero-order valence-corrected chi connectivity index (χ0v) is 16.6. The molecule has 1 aliphatic rings. The van der Waals surface area contributed by atoms with E-state index in [1.54, 1.807) is 11.3 Å². The molecule has 1 nitrogen and oxygen atoms in total. The standard InChI is InChI=1S/C17H33NSi2/c1-8-9-12-16-13-10-11-14-17(15-16)18(19(2,3)4)20(5,6)7/h10-11,13-14H,8-9,12,15H2,1-7H3. The third-order valence-corrected chi connectivity index (χ3v) is 10.9. The van der Waals surface area contributed by atoms with Crippen LogP contribution in [0.1, 0.15) is 32.6 Å². The van der Waals surface area contributed by atoms with E-state index in [1.165, 1.54) is 19.3 Å². The monoisotopic (exact) mass is 307 g/mol. The number of unbranched alkanes of at least 4 members (excludes halogenated alkanes) is 1. The number of hydrogen-bond donors (Lipinski definition) is 0. The zero-order chi connectivity index (χ0) is 15.4. The molecule has 0 aromatic rings. The van der Waals surface area contributed by atoms with E-state index in [4.69, 9.17) is 0 Å². The topological polar surface area (TPSA) is 3.24 Å². The number of allylic oxidation sites excluding steroid dienone is 5. The van der Waals surface area contributed by atoms with Crippen LogP contribution in [0.25, 0.3) is 0 Å². The first-order chi connectivity index (χ1) is 9.16. The molecule has 114 valence electrons. The lowest BCUT2D eigenvalue weighted by atomic mass is 10.0. The Morgan fingerprint density at radius 2 is 1.50 bits per heavy atom. The van der Waals surface area contributed by atoms with Crippen LogP contribution in [0, 0.1) is 0 Å². The van der Waals surface area contributed by atoms with Gasteiger partial charge in [-0.15, -0.1) is 0 Å². The van der Waals surface area contributed by atoms with E-state index >= 15 is 0 Å². The number of nitrogens with zero attached hydrogens (tertiary/aromatic N) is 1. The molecule has 0 aromatic carbocycles. The molecule has 0 heterocycles. The van der Waals surface area contributed by atoms with Crippen LogP contribution in [0.15, 0.2) is 35.6 Å². The molecule has 0 radical (unpaired) electrons. The average molecular weight is 308 g/mol. The lowest BCUT2D eigenvalue weighted by molar-refractivity contribution is 0.695. The van der Waals surface area contributed by atoms with Gasteiger partial charge in [-0.05, 0) is 18.9 Å². The van der Waals surface area contributed by atoms with E-state index in [0.29, 0.717) is 0 Å². The Labute approximate surface area is 128 Å². The maximum Gasteiger partial charge on any atom is 0.138 e. The Hall–Kier alpha value is -0.546. The van der Waals surface area contributed by atoms with E-state index in [1.807, 2.05) is 0 Å². The Bertz CT molecular complexity index is 392. The average Bonchev–Trinajstić information content (AvgIpc) is 2.48. The first-order valence-corrected chi connectivity index (χ1v) is 14.9. The Morgan fingerprint density at radius 3 is 2.00 bits per heavy atom. The second kappa shape index (κ2) is 6.94. The minimum atomic E-state index is -1.33. The first kappa shape index (κ1) is 17.5. The van der Waals surface area contributed by atoms with Crippen molar-refractivity contribution in [2.75, 3.05) is 0 Å². The van der Waals surface area contributed by atoms with Crippen molar-refractivity contribution in [1.29, 1.82) is 0 Å². The quantitative estimate of drug-likeness (QED) is 0.551. The van der Waals surface area contributed by atoms with Gasteiger partial charge in [0.15, 0.2) is 0 Å². The molecule has 0 aliphatic heterocycles. The van der Waals surface area contributed by atoms with Gasteiger partial charge in [0.2, 0.25) is 0 Å². The summed E-state index contributed by atoms with van der Waals surface area (Å²) in [6.07, 6.45) is 14.2. The Morgan fingerprint density at radius 1 is 0.950 bits per heavy atom. The molecular formula is C17H33NSi2. The largest absolute Gasteiger partial charge is 0.428 e. The Kier molecular flexibility index (Phi) is 6.08. The van der Waals surface area contributed by atoms with E-state index in [9.17, 15) is 0 Å². The molecular weight excluding hydrogens is 274 g/mol. The molecule has 0 bridgehead atoms. The van der Waals surface area contributed by atoms with Crippen molar-refractivity contribution >= 4 is 16.5 Å². The summed E-state index contributed by atoms with van der Waals surface area (Å²) in [6, 6.07) is 0. The highest BCUT2D eigenvalue weighted by atomic mass is 28.4. The second-order valence-electron chi connectivity index (χ2n) is 7.83. The zero-order valence-electron chi connectivity index (χ0n) is 14.6. The summed E-state index contributed by atoms with van der Waals surface area (Å²) in [6.45, 7) is 17.2. The van der Waals surface area contributed by atoms with E-state index in [-0.39, 0.29) is 0 Å². The van der Waals surface area contributed by atoms with Gasteiger partial charge in [-0.2, -0.15) is 0 Å². The van der Waals surface area contributed by atoms with Gasteiger partial charge in [-0.25, -0.2) is 0 Å². The van der Waals surface area contributed by atoms with Gasteiger partial charge in [0, 0.05) is 12.1 Å². The summed E-state index contributed by atoms with van der Waals surface area (Å²) in [4.78, 5) is 0. The van der Waals surface area contributed by atoms with Crippen LogP contribution in [0.5, 0.6) is 0 Å². The van der Waals surface area contributed by atoms with Crippen LogP contribution in [0.3, 0.4) is 0 Å². The molecule has 0 saturated heterocycles. The van der Waals surface area contributed by atoms with Crippen molar-refractivity contribution < 1.29 is 0 Å². The fraction of sp³-hybridized carbons (Fsp3) is 0.647. The predicted octanol–water partition coefficient (Wildman–Crippen LogP) is 5.92. The molecule has 1 rings (SSSR count). The summed E-state index contributed by atoms with van der Waals surface area (Å²) >= 11 is 0. The highest BCUT2D eigenvalue weighted by Gasteiger charge is 2.35. The molecule has 1 aliphatic carbocycles. The first-order valence-electron chi connectivity index (χ1n) is 8.02. The van der Waals surface area contributed by atoms with E-state index < -0.39 is 16.5 Å². The highest BCUT2D eigenvalue weighted by molar-refractivity contribution is 6.90. The summed E-state index contributed by atoms with van der Waals surface area (Å²) < 4.78 is 2.86. The summed E-state index contributed by atoms with van der Waals surface area (Å²) in [5, 5.41) is 0. The number of hydrogen-bond acceptors (Lipinski definition) is 1. The van der Waals surface area contributed by atoms with Gasteiger partial charge < -0.3 is 4.23 Å². The summed E-state index contributed by atoms with van der Waals surface area (Å²) in [5.74, 6) is 0. The molecule has 0 amide bonds. The minimum Gasteiger partial charge on any atom is -0.428 e. The van der Waals surface area contributed by atoms with E-state index in [2.05, 4.69) is 74.7 Å². The minimum absolute atomic E-state index is 1.15. The molecule has 20 heavy (non-hydrogen) atoms. The third-order valence-electron chi connectivity index (χ3n) is 3.62. The van der Waals surface area contributed by atoms with Crippen LogP contribution < -0.4 is 0 Å². The van der Waals surface area contributed by atoms with Gasteiger partial charge in [0.05, 0.1) is 0 Å².